The van der Waals surface area contributed by atoms with E-state index in [4.69, 9.17) is 4.74 Å². The van der Waals surface area contributed by atoms with Crippen LogP contribution in [0.15, 0.2) is 0 Å². The van der Waals surface area contributed by atoms with Gasteiger partial charge in [-0.25, -0.2) is 0 Å². The summed E-state index contributed by atoms with van der Waals surface area (Å²) in [7, 11) is 0. The lowest BCUT2D eigenvalue weighted by Gasteiger charge is -2.35. The molecule has 0 saturated carbocycles. The predicted octanol–water partition coefficient (Wildman–Crippen LogP) is -0.412. The molecule has 3 unspecified atom stereocenters. The molecule has 0 aromatic rings. The molecule has 0 aromatic carbocycles. The van der Waals surface area contributed by atoms with Gasteiger partial charge in [-0.05, 0) is 25.0 Å². The van der Waals surface area contributed by atoms with Crippen LogP contribution in [0.3, 0.4) is 0 Å². The van der Waals surface area contributed by atoms with E-state index in [2.05, 4.69) is 10.6 Å². The normalized spacial score (nSPS) is 33.0. The highest BCUT2D eigenvalue weighted by Gasteiger charge is 2.35. The maximum absolute atomic E-state index is 12.8. The number of ether oxygens (including phenoxy) is 1. The van der Waals surface area contributed by atoms with E-state index >= 15 is 0 Å². The van der Waals surface area contributed by atoms with Gasteiger partial charge in [-0.2, -0.15) is 11.8 Å². The summed E-state index contributed by atoms with van der Waals surface area (Å²) in [6, 6.07) is 0.0147. The molecule has 2 N–H and O–H groups in total. The Hall–Kier alpha value is -0.790. The second-order valence-electron chi connectivity index (χ2n) is 5.88. The summed E-state index contributed by atoms with van der Waals surface area (Å²) in [5.74, 6) is 2.20. The van der Waals surface area contributed by atoms with Crippen LogP contribution >= 0.6 is 11.8 Å². The lowest BCUT2D eigenvalue weighted by Crippen LogP contribution is -2.60. The summed E-state index contributed by atoms with van der Waals surface area (Å²) in [5.41, 5.74) is 0. The first kappa shape index (κ1) is 15.1. The van der Waals surface area contributed by atoms with Crippen molar-refractivity contribution in [3.05, 3.63) is 0 Å². The maximum atomic E-state index is 12.8. The van der Waals surface area contributed by atoms with Crippen LogP contribution in [0.2, 0.25) is 0 Å². The fourth-order valence-electron chi connectivity index (χ4n) is 3.14. The summed E-state index contributed by atoms with van der Waals surface area (Å²) < 4.78 is 5.71. The van der Waals surface area contributed by atoms with Gasteiger partial charge < -0.3 is 15.0 Å². The number of nitrogens with one attached hydrogen (secondary N) is 2. The standard InChI is InChI=1S/C14H23N3O3S/c18-13-7-15-12(6-16-13)14(19)17(10-3-5-21-9-10)8-11-2-1-4-20-11/h10-12,15H,1-9H2,(H,16,18). The van der Waals surface area contributed by atoms with Gasteiger partial charge >= 0.3 is 0 Å². The van der Waals surface area contributed by atoms with Gasteiger partial charge in [0.15, 0.2) is 0 Å². The molecular formula is C14H23N3O3S. The third-order valence-corrected chi connectivity index (χ3v) is 5.51. The van der Waals surface area contributed by atoms with E-state index in [1.165, 1.54) is 0 Å². The number of amides is 2. The Morgan fingerprint density at radius 3 is 2.95 bits per heavy atom. The molecule has 3 heterocycles. The smallest absolute Gasteiger partial charge is 0.241 e. The Morgan fingerprint density at radius 1 is 1.43 bits per heavy atom. The molecule has 6 nitrogen and oxygen atoms in total. The number of thioether (sulfide) groups is 1. The Bertz CT molecular complexity index is 385. The summed E-state index contributed by atoms with van der Waals surface area (Å²) in [5, 5.41) is 5.81. The summed E-state index contributed by atoms with van der Waals surface area (Å²) in [4.78, 5) is 26.0. The average molecular weight is 313 g/mol. The van der Waals surface area contributed by atoms with Crippen molar-refractivity contribution < 1.29 is 14.3 Å². The van der Waals surface area contributed by atoms with Gasteiger partial charge in [-0.15, -0.1) is 0 Å². The Balaban J connectivity index is 1.64. The second-order valence-corrected chi connectivity index (χ2v) is 7.03. The SMILES string of the molecule is O=C1CNC(C(=O)N(CC2CCCO2)C2CCSC2)CN1. The van der Waals surface area contributed by atoms with E-state index in [1.807, 2.05) is 16.7 Å². The largest absolute Gasteiger partial charge is 0.376 e. The molecule has 0 aromatic heterocycles. The van der Waals surface area contributed by atoms with Crippen LogP contribution in [-0.2, 0) is 14.3 Å². The van der Waals surface area contributed by atoms with Gasteiger partial charge in [0.2, 0.25) is 11.8 Å². The van der Waals surface area contributed by atoms with Gasteiger partial charge in [0.05, 0.1) is 12.6 Å². The van der Waals surface area contributed by atoms with E-state index in [9.17, 15) is 9.59 Å². The highest BCUT2D eigenvalue weighted by atomic mass is 32.2. The van der Waals surface area contributed by atoms with Crippen LogP contribution in [0.25, 0.3) is 0 Å². The van der Waals surface area contributed by atoms with Crippen molar-refractivity contribution in [3.63, 3.8) is 0 Å². The number of piperazine rings is 1. The molecule has 2 amide bonds. The first-order chi connectivity index (χ1) is 10.2. The zero-order valence-electron chi connectivity index (χ0n) is 12.2. The minimum absolute atomic E-state index is 0.0406. The Morgan fingerprint density at radius 2 is 2.33 bits per heavy atom. The second kappa shape index (κ2) is 6.98. The fraction of sp³-hybridized carbons (Fsp3) is 0.857. The molecular weight excluding hydrogens is 290 g/mol. The fourth-order valence-corrected chi connectivity index (χ4v) is 4.36. The van der Waals surface area contributed by atoms with E-state index in [0.29, 0.717) is 19.1 Å². The number of rotatable bonds is 4. The van der Waals surface area contributed by atoms with Gasteiger partial charge in [0.1, 0.15) is 6.04 Å². The topological polar surface area (TPSA) is 70.7 Å². The lowest BCUT2D eigenvalue weighted by molar-refractivity contribution is -0.138. The maximum Gasteiger partial charge on any atom is 0.241 e. The molecule has 3 saturated heterocycles. The van der Waals surface area contributed by atoms with Crippen molar-refractivity contribution in [2.24, 2.45) is 0 Å². The quantitative estimate of drug-likeness (QED) is 0.738. The van der Waals surface area contributed by atoms with Crippen molar-refractivity contribution >= 4 is 23.6 Å². The molecule has 0 aliphatic carbocycles. The van der Waals surface area contributed by atoms with Crippen molar-refractivity contribution in [1.29, 1.82) is 0 Å². The molecule has 0 bridgehead atoms. The molecule has 3 aliphatic heterocycles. The highest BCUT2D eigenvalue weighted by Crippen LogP contribution is 2.25. The van der Waals surface area contributed by atoms with E-state index in [0.717, 1.165) is 37.4 Å². The minimum atomic E-state index is -0.297. The van der Waals surface area contributed by atoms with Crippen LogP contribution in [0.5, 0.6) is 0 Å². The van der Waals surface area contributed by atoms with E-state index in [1.54, 1.807) is 0 Å². The average Bonchev–Trinajstić information content (AvgIpc) is 3.18. The van der Waals surface area contributed by atoms with Crippen LogP contribution in [0.1, 0.15) is 19.3 Å². The number of carbonyl (C=O) groups is 2. The predicted molar refractivity (Wildman–Crippen MR) is 81.2 cm³/mol. The van der Waals surface area contributed by atoms with E-state index in [-0.39, 0.29) is 30.5 Å². The minimum Gasteiger partial charge on any atom is -0.376 e. The highest BCUT2D eigenvalue weighted by molar-refractivity contribution is 7.99. The van der Waals surface area contributed by atoms with Crippen molar-refractivity contribution in [3.8, 4) is 0 Å². The van der Waals surface area contributed by atoms with E-state index < -0.39 is 0 Å². The Kier molecular flexibility index (Phi) is 5.03. The molecule has 0 spiro atoms. The molecule has 3 aliphatic rings. The third-order valence-electron chi connectivity index (χ3n) is 4.36. The van der Waals surface area contributed by atoms with Crippen LogP contribution in [0, 0.1) is 0 Å². The molecule has 3 atom stereocenters. The zero-order chi connectivity index (χ0) is 14.7. The van der Waals surface area contributed by atoms with Crippen LogP contribution in [-0.4, -0.2) is 72.6 Å². The zero-order valence-corrected chi connectivity index (χ0v) is 13.0. The first-order valence-corrected chi connectivity index (χ1v) is 8.89. The van der Waals surface area contributed by atoms with Crippen molar-refractivity contribution in [1.82, 2.24) is 15.5 Å². The molecule has 3 fully saturated rings. The summed E-state index contributed by atoms with van der Waals surface area (Å²) >= 11 is 1.91. The van der Waals surface area contributed by atoms with Gasteiger partial charge in [0, 0.05) is 31.5 Å². The molecule has 21 heavy (non-hydrogen) atoms. The molecule has 0 radical (unpaired) electrons. The molecule has 118 valence electrons. The van der Waals surface area contributed by atoms with Crippen LogP contribution < -0.4 is 10.6 Å². The number of hydrogen-bond acceptors (Lipinski definition) is 5. The lowest BCUT2D eigenvalue weighted by atomic mass is 10.1. The van der Waals surface area contributed by atoms with Gasteiger partial charge in [-0.1, -0.05) is 0 Å². The number of nitrogens with zero attached hydrogens (tertiary/aromatic N) is 1. The molecule has 7 heteroatoms. The summed E-state index contributed by atoms with van der Waals surface area (Å²) in [6.45, 7) is 2.11. The number of hydrogen-bond donors (Lipinski definition) is 2. The molecule has 3 rings (SSSR count). The van der Waals surface area contributed by atoms with Gasteiger partial charge in [0.25, 0.3) is 0 Å². The third kappa shape index (κ3) is 3.70. The Labute approximate surface area is 129 Å². The first-order valence-electron chi connectivity index (χ1n) is 7.74. The number of carbonyl (C=O) groups excluding carboxylic acids is 2. The monoisotopic (exact) mass is 313 g/mol. The summed E-state index contributed by atoms with van der Waals surface area (Å²) in [6.07, 6.45) is 3.36. The van der Waals surface area contributed by atoms with Gasteiger partial charge in [-0.3, -0.25) is 14.9 Å². The van der Waals surface area contributed by atoms with Crippen molar-refractivity contribution in [2.75, 3.05) is 37.7 Å². The van der Waals surface area contributed by atoms with Crippen molar-refractivity contribution in [2.45, 2.75) is 37.5 Å². The van der Waals surface area contributed by atoms with Crippen LogP contribution in [0.4, 0.5) is 0 Å².